The van der Waals surface area contributed by atoms with Gasteiger partial charge in [-0.25, -0.2) is 8.42 Å². The summed E-state index contributed by atoms with van der Waals surface area (Å²) in [7, 11) is -3.53. The van der Waals surface area contributed by atoms with E-state index in [1.165, 1.54) is 0 Å². The van der Waals surface area contributed by atoms with E-state index in [4.69, 9.17) is 0 Å². The van der Waals surface area contributed by atoms with Gasteiger partial charge in [0.05, 0.1) is 4.90 Å². The third kappa shape index (κ3) is 1.19. The fourth-order valence-corrected chi connectivity index (χ4v) is 6.23. The Morgan fingerprint density at radius 1 is 1.22 bits per heavy atom. The molecule has 3 rings (SSSR count). The van der Waals surface area contributed by atoms with E-state index in [-0.39, 0.29) is 22.5 Å². The SMILES string of the molecule is CC1C(=O)C2(S(=O)(=O)c3ccccc3)CCCC12. The van der Waals surface area contributed by atoms with Crippen LogP contribution < -0.4 is 0 Å². The van der Waals surface area contributed by atoms with Crippen LogP contribution in [0.1, 0.15) is 26.2 Å². The van der Waals surface area contributed by atoms with Crippen molar-refractivity contribution in [1.29, 1.82) is 0 Å². The Hall–Kier alpha value is -1.16. The molecule has 3 nitrogen and oxygen atoms in total. The highest BCUT2D eigenvalue weighted by molar-refractivity contribution is 7.93. The zero-order valence-electron chi connectivity index (χ0n) is 10.3. The molecule has 0 amide bonds. The van der Waals surface area contributed by atoms with Crippen molar-refractivity contribution in [3.63, 3.8) is 0 Å². The molecular formula is C14H16O3S. The van der Waals surface area contributed by atoms with Crippen molar-refractivity contribution in [2.75, 3.05) is 0 Å². The first-order chi connectivity index (χ1) is 8.52. The molecule has 0 saturated heterocycles. The van der Waals surface area contributed by atoms with Gasteiger partial charge >= 0.3 is 0 Å². The number of sulfone groups is 1. The van der Waals surface area contributed by atoms with Gasteiger partial charge < -0.3 is 0 Å². The first-order valence-electron chi connectivity index (χ1n) is 6.36. The summed E-state index contributed by atoms with van der Waals surface area (Å²) in [5.74, 6) is -0.143. The van der Waals surface area contributed by atoms with E-state index in [9.17, 15) is 13.2 Å². The lowest BCUT2D eigenvalue weighted by Gasteiger charge is -2.47. The average Bonchev–Trinajstić information content (AvgIpc) is 2.81. The third-order valence-electron chi connectivity index (χ3n) is 4.63. The Kier molecular flexibility index (Phi) is 2.43. The summed E-state index contributed by atoms with van der Waals surface area (Å²) in [6.07, 6.45) is 2.20. The van der Waals surface area contributed by atoms with Crippen molar-refractivity contribution < 1.29 is 13.2 Å². The van der Waals surface area contributed by atoms with E-state index >= 15 is 0 Å². The highest BCUT2D eigenvalue weighted by Crippen LogP contribution is 2.57. The summed E-state index contributed by atoms with van der Waals surface area (Å²) >= 11 is 0. The van der Waals surface area contributed by atoms with Crippen molar-refractivity contribution in [3.05, 3.63) is 30.3 Å². The lowest BCUT2D eigenvalue weighted by molar-refractivity contribution is -0.137. The van der Waals surface area contributed by atoms with Gasteiger partial charge in [-0.05, 0) is 30.9 Å². The standard InChI is InChI=1S/C14H16O3S/c1-10-12-8-5-9-14(12,13(10)15)18(16,17)11-6-3-2-4-7-11/h2-4,6-7,10,12H,5,8-9H2,1H3. The van der Waals surface area contributed by atoms with Crippen molar-refractivity contribution in [2.24, 2.45) is 11.8 Å². The number of carbonyl (C=O) groups is 1. The number of fused-ring (bicyclic) bond motifs is 1. The van der Waals surface area contributed by atoms with Gasteiger partial charge in [0, 0.05) is 5.92 Å². The van der Waals surface area contributed by atoms with Crippen LogP contribution in [0.3, 0.4) is 0 Å². The lowest BCUT2D eigenvalue weighted by atomic mass is 9.65. The Labute approximate surface area is 107 Å². The molecule has 0 bridgehead atoms. The highest BCUT2D eigenvalue weighted by atomic mass is 32.2. The number of ketones is 1. The van der Waals surface area contributed by atoms with Crippen molar-refractivity contribution in [3.8, 4) is 0 Å². The summed E-state index contributed by atoms with van der Waals surface area (Å²) in [6.45, 7) is 1.86. The predicted octanol–water partition coefficient (Wildman–Crippen LogP) is 2.22. The van der Waals surface area contributed by atoms with Crippen molar-refractivity contribution >= 4 is 15.6 Å². The fraction of sp³-hybridized carbons (Fsp3) is 0.500. The Balaban J connectivity index is 2.13. The van der Waals surface area contributed by atoms with Crippen LogP contribution in [0.5, 0.6) is 0 Å². The zero-order chi connectivity index (χ0) is 13.0. The molecule has 3 unspecified atom stereocenters. The van der Waals surface area contributed by atoms with E-state index in [1.807, 2.05) is 6.92 Å². The first-order valence-corrected chi connectivity index (χ1v) is 7.84. The summed E-state index contributed by atoms with van der Waals surface area (Å²) in [4.78, 5) is 12.5. The smallest absolute Gasteiger partial charge is 0.191 e. The number of benzene rings is 1. The van der Waals surface area contributed by atoms with Crippen LogP contribution in [0.25, 0.3) is 0 Å². The van der Waals surface area contributed by atoms with Gasteiger partial charge in [-0.3, -0.25) is 4.79 Å². The molecule has 1 aromatic rings. The summed E-state index contributed by atoms with van der Waals surface area (Å²) in [5.41, 5.74) is 0. The van der Waals surface area contributed by atoms with Crippen LogP contribution >= 0.6 is 0 Å². The topological polar surface area (TPSA) is 51.2 Å². The minimum Gasteiger partial charge on any atom is -0.298 e. The van der Waals surface area contributed by atoms with Gasteiger partial charge in [-0.1, -0.05) is 31.5 Å². The molecule has 0 N–H and O–H groups in total. The number of rotatable bonds is 2. The van der Waals surface area contributed by atoms with Crippen LogP contribution in [0.2, 0.25) is 0 Å². The first kappa shape index (κ1) is 11.9. The second-order valence-electron chi connectivity index (χ2n) is 5.36. The van der Waals surface area contributed by atoms with E-state index in [0.29, 0.717) is 6.42 Å². The molecule has 4 heteroatoms. The quantitative estimate of drug-likeness (QED) is 0.823. The molecular weight excluding hydrogens is 248 g/mol. The second-order valence-corrected chi connectivity index (χ2v) is 7.56. The summed E-state index contributed by atoms with van der Waals surface area (Å²) in [5, 5.41) is 0. The molecule has 0 aliphatic heterocycles. The molecule has 0 spiro atoms. The number of Topliss-reactive ketones (excluding diaryl/α,β-unsaturated/α-hetero) is 1. The second kappa shape index (κ2) is 3.67. The molecule has 1 aromatic carbocycles. The number of carbonyl (C=O) groups excluding carboxylic acids is 1. The van der Waals surface area contributed by atoms with Crippen molar-refractivity contribution in [2.45, 2.75) is 35.8 Å². The average molecular weight is 264 g/mol. The summed E-state index contributed by atoms with van der Waals surface area (Å²) in [6, 6.07) is 8.39. The largest absolute Gasteiger partial charge is 0.298 e. The normalized spacial score (nSPS) is 35.1. The number of hydrogen-bond acceptors (Lipinski definition) is 3. The summed E-state index contributed by atoms with van der Waals surface area (Å²) < 4.78 is 24.4. The maximum Gasteiger partial charge on any atom is 0.191 e. The van der Waals surface area contributed by atoms with Crippen LogP contribution in [0.4, 0.5) is 0 Å². The molecule has 18 heavy (non-hydrogen) atoms. The molecule has 96 valence electrons. The molecule has 2 aliphatic carbocycles. The zero-order valence-corrected chi connectivity index (χ0v) is 11.1. The monoisotopic (exact) mass is 264 g/mol. The fourth-order valence-electron chi connectivity index (χ4n) is 3.71. The van der Waals surface area contributed by atoms with E-state index in [0.717, 1.165) is 12.8 Å². The van der Waals surface area contributed by atoms with Gasteiger partial charge in [0.15, 0.2) is 15.6 Å². The molecule has 2 fully saturated rings. The highest BCUT2D eigenvalue weighted by Gasteiger charge is 2.69. The predicted molar refractivity (Wildman–Crippen MR) is 67.9 cm³/mol. The minimum absolute atomic E-state index is 0.0233. The lowest BCUT2D eigenvalue weighted by Crippen LogP contribution is -2.63. The van der Waals surface area contributed by atoms with Crippen LogP contribution in [-0.4, -0.2) is 18.9 Å². The van der Waals surface area contributed by atoms with E-state index in [2.05, 4.69) is 0 Å². The maximum absolute atomic E-state index is 12.8. The molecule has 3 atom stereocenters. The Morgan fingerprint density at radius 2 is 1.89 bits per heavy atom. The van der Waals surface area contributed by atoms with Gasteiger partial charge in [0.25, 0.3) is 0 Å². The molecule has 0 radical (unpaired) electrons. The molecule has 2 aliphatic rings. The maximum atomic E-state index is 12.8. The van der Waals surface area contributed by atoms with Gasteiger partial charge in [-0.15, -0.1) is 0 Å². The molecule has 0 aromatic heterocycles. The molecule has 0 heterocycles. The molecule has 2 saturated carbocycles. The van der Waals surface area contributed by atoms with Crippen LogP contribution in [0, 0.1) is 11.8 Å². The number of hydrogen-bond donors (Lipinski definition) is 0. The van der Waals surface area contributed by atoms with Gasteiger partial charge in [-0.2, -0.15) is 0 Å². The van der Waals surface area contributed by atoms with Crippen LogP contribution in [-0.2, 0) is 14.6 Å². The minimum atomic E-state index is -3.53. The Morgan fingerprint density at radius 3 is 2.56 bits per heavy atom. The third-order valence-corrected chi connectivity index (χ3v) is 7.19. The van der Waals surface area contributed by atoms with Gasteiger partial charge in [0.1, 0.15) is 4.75 Å². The Bertz CT molecular complexity index is 591. The van der Waals surface area contributed by atoms with E-state index in [1.54, 1.807) is 30.3 Å². The van der Waals surface area contributed by atoms with Gasteiger partial charge in [0.2, 0.25) is 0 Å². The van der Waals surface area contributed by atoms with Crippen LogP contribution in [0.15, 0.2) is 35.2 Å². The van der Waals surface area contributed by atoms with Crippen molar-refractivity contribution in [1.82, 2.24) is 0 Å². The van der Waals surface area contributed by atoms with E-state index < -0.39 is 14.6 Å².